The quantitative estimate of drug-likeness (QED) is 0.833. The van der Waals surface area contributed by atoms with Gasteiger partial charge in [-0.05, 0) is 37.8 Å². The normalized spacial score (nSPS) is 21.0. The molecule has 2 fully saturated rings. The summed E-state index contributed by atoms with van der Waals surface area (Å²) in [6.07, 6.45) is 6.31. The second-order valence-electron chi connectivity index (χ2n) is 6.82. The summed E-state index contributed by atoms with van der Waals surface area (Å²) in [7, 11) is 0. The van der Waals surface area contributed by atoms with E-state index in [0.717, 1.165) is 44.3 Å². The number of aromatic nitrogens is 2. The van der Waals surface area contributed by atoms with Crippen molar-refractivity contribution in [3.8, 4) is 5.75 Å². The van der Waals surface area contributed by atoms with Crippen molar-refractivity contribution < 1.29 is 14.1 Å². The fourth-order valence-electron chi connectivity index (χ4n) is 3.30. The Labute approximate surface area is 147 Å². The molecule has 6 heteroatoms. The maximum Gasteiger partial charge on any atom is 0.261 e. The Morgan fingerprint density at radius 1 is 1.16 bits per heavy atom. The molecule has 132 valence electrons. The first-order valence-electron chi connectivity index (χ1n) is 9.12. The van der Waals surface area contributed by atoms with Gasteiger partial charge in [-0.25, -0.2) is 0 Å². The van der Waals surface area contributed by atoms with Crippen molar-refractivity contribution in [1.29, 1.82) is 0 Å². The lowest BCUT2D eigenvalue weighted by Gasteiger charge is -2.27. The third-order valence-corrected chi connectivity index (χ3v) is 4.86. The van der Waals surface area contributed by atoms with Crippen molar-refractivity contribution in [2.24, 2.45) is 0 Å². The number of rotatable bonds is 5. The van der Waals surface area contributed by atoms with Gasteiger partial charge in [-0.2, -0.15) is 4.98 Å². The number of amides is 1. The van der Waals surface area contributed by atoms with E-state index in [1.165, 1.54) is 0 Å². The van der Waals surface area contributed by atoms with Crippen molar-refractivity contribution in [3.63, 3.8) is 0 Å². The van der Waals surface area contributed by atoms with Crippen LogP contribution in [0, 0.1) is 0 Å². The molecule has 4 rings (SSSR count). The molecule has 0 radical (unpaired) electrons. The molecule has 2 aromatic rings. The van der Waals surface area contributed by atoms with Gasteiger partial charge in [0.05, 0.1) is 0 Å². The summed E-state index contributed by atoms with van der Waals surface area (Å²) in [6.45, 7) is 0.743. The number of carbonyl (C=O) groups excluding carboxylic acids is 1. The van der Waals surface area contributed by atoms with Crippen LogP contribution in [0.4, 0.5) is 0 Å². The zero-order chi connectivity index (χ0) is 17.1. The Balaban J connectivity index is 1.46. The molecule has 0 N–H and O–H groups in total. The Kier molecular flexibility index (Phi) is 4.68. The summed E-state index contributed by atoms with van der Waals surface area (Å²) in [5.41, 5.74) is 0. The molecule has 1 unspecified atom stereocenters. The number of carbonyl (C=O) groups is 1. The fourth-order valence-corrected chi connectivity index (χ4v) is 3.30. The Morgan fingerprint density at radius 2 is 2.00 bits per heavy atom. The summed E-state index contributed by atoms with van der Waals surface area (Å²) < 4.78 is 11.1. The smallest absolute Gasteiger partial charge is 0.261 e. The average molecular weight is 341 g/mol. The van der Waals surface area contributed by atoms with E-state index >= 15 is 0 Å². The van der Waals surface area contributed by atoms with E-state index in [-0.39, 0.29) is 18.6 Å². The highest BCUT2D eigenvalue weighted by Gasteiger charge is 2.34. The number of hydrogen-bond donors (Lipinski definition) is 0. The van der Waals surface area contributed by atoms with Crippen molar-refractivity contribution in [3.05, 3.63) is 42.0 Å². The lowest BCUT2D eigenvalue weighted by Crippen LogP contribution is -2.38. The predicted octanol–water partition coefficient (Wildman–Crippen LogP) is 3.47. The van der Waals surface area contributed by atoms with Gasteiger partial charge in [0.25, 0.3) is 5.91 Å². The molecular weight excluding hydrogens is 318 g/mol. The molecule has 1 atom stereocenters. The summed E-state index contributed by atoms with van der Waals surface area (Å²) in [6, 6.07) is 9.29. The number of benzene rings is 1. The van der Waals surface area contributed by atoms with Crippen molar-refractivity contribution in [2.45, 2.75) is 50.5 Å². The standard InChI is InChI=1S/C19H23N3O3/c23-17(13-24-15-7-3-1-4-8-15)22-12-6-2-5-9-16(22)19-20-18(21-25-19)14-10-11-14/h1,3-4,7-8,14,16H,2,5-6,9-13H2. The van der Waals surface area contributed by atoms with Crippen LogP contribution in [0.2, 0.25) is 0 Å². The van der Waals surface area contributed by atoms with Crippen LogP contribution in [0.3, 0.4) is 0 Å². The molecule has 0 bridgehead atoms. The summed E-state index contributed by atoms with van der Waals surface area (Å²) in [5.74, 6) is 2.51. The molecule has 2 aliphatic rings. The summed E-state index contributed by atoms with van der Waals surface area (Å²) in [5, 5.41) is 4.12. The van der Waals surface area contributed by atoms with Crippen LogP contribution in [0.25, 0.3) is 0 Å². The number of nitrogens with zero attached hydrogens (tertiary/aromatic N) is 3. The molecule has 1 saturated heterocycles. The minimum absolute atomic E-state index is 0.0260. The van der Waals surface area contributed by atoms with Crippen molar-refractivity contribution in [2.75, 3.05) is 13.2 Å². The molecule has 1 aromatic carbocycles. The average Bonchev–Trinajstić information content (AvgIpc) is 3.43. The fraction of sp³-hybridized carbons (Fsp3) is 0.526. The number of likely N-dealkylation sites (tertiary alicyclic amines) is 1. The van der Waals surface area contributed by atoms with Gasteiger partial charge in [0.1, 0.15) is 11.8 Å². The Morgan fingerprint density at radius 3 is 2.80 bits per heavy atom. The van der Waals surface area contributed by atoms with Crippen LogP contribution in [-0.2, 0) is 4.79 Å². The monoisotopic (exact) mass is 341 g/mol. The van der Waals surface area contributed by atoms with Crippen LogP contribution in [0.15, 0.2) is 34.9 Å². The molecule has 0 spiro atoms. The summed E-state index contributed by atoms with van der Waals surface area (Å²) >= 11 is 0. The first-order valence-corrected chi connectivity index (χ1v) is 9.12. The lowest BCUT2D eigenvalue weighted by atomic mass is 10.1. The second kappa shape index (κ2) is 7.25. The molecule has 1 aliphatic carbocycles. The van der Waals surface area contributed by atoms with E-state index in [1.54, 1.807) is 0 Å². The zero-order valence-corrected chi connectivity index (χ0v) is 14.3. The highest BCUT2D eigenvalue weighted by Crippen LogP contribution is 2.39. The maximum absolute atomic E-state index is 12.8. The molecular formula is C19H23N3O3. The molecule has 1 aromatic heterocycles. The molecule has 6 nitrogen and oxygen atoms in total. The largest absolute Gasteiger partial charge is 0.484 e. The minimum atomic E-state index is -0.130. The van der Waals surface area contributed by atoms with Crippen molar-refractivity contribution in [1.82, 2.24) is 15.0 Å². The number of ether oxygens (including phenoxy) is 1. The third kappa shape index (κ3) is 3.83. The van der Waals surface area contributed by atoms with Crippen LogP contribution in [0.5, 0.6) is 5.75 Å². The number of hydrogen-bond acceptors (Lipinski definition) is 5. The van der Waals surface area contributed by atoms with Crippen LogP contribution in [0.1, 0.15) is 62.2 Å². The van der Waals surface area contributed by atoms with Gasteiger partial charge in [0.15, 0.2) is 12.4 Å². The SMILES string of the molecule is O=C(COc1ccccc1)N1CCCCCC1c1nc(C2CC2)no1. The zero-order valence-electron chi connectivity index (χ0n) is 14.3. The van der Waals surface area contributed by atoms with Gasteiger partial charge < -0.3 is 14.2 Å². The van der Waals surface area contributed by atoms with Crippen LogP contribution < -0.4 is 4.74 Å². The first-order chi connectivity index (χ1) is 12.3. The Bertz CT molecular complexity index is 712. The van der Waals surface area contributed by atoms with Gasteiger partial charge in [-0.3, -0.25) is 4.79 Å². The van der Waals surface area contributed by atoms with Gasteiger partial charge in [0.2, 0.25) is 5.89 Å². The lowest BCUT2D eigenvalue weighted by molar-refractivity contribution is -0.136. The van der Waals surface area contributed by atoms with Gasteiger partial charge in [-0.15, -0.1) is 0 Å². The van der Waals surface area contributed by atoms with Crippen LogP contribution >= 0.6 is 0 Å². The van der Waals surface area contributed by atoms with Crippen molar-refractivity contribution >= 4 is 5.91 Å². The molecule has 25 heavy (non-hydrogen) atoms. The van der Waals surface area contributed by atoms with Crippen LogP contribution in [-0.4, -0.2) is 34.1 Å². The first kappa shape index (κ1) is 16.1. The molecule has 2 heterocycles. The van der Waals surface area contributed by atoms with E-state index in [1.807, 2.05) is 35.2 Å². The van der Waals surface area contributed by atoms with Gasteiger partial charge in [-0.1, -0.05) is 36.2 Å². The molecule has 1 amide bonds. The van der Waals surface area contributed by atoms with E-state index < -0.39 is 0 Å². The number of para-hydroxylation sites is 1. The van der Waals surface area contributed by atoms with E-state index in [9.17, 15) is 4.79 Å². The highest BCUT2D eigenvalue weighted by atomic mass is 16.5. The maximum atomic E-state index is 12.8. The van der Waals surface area contributed by atoms with E-state index in [4.69, 9.17) is 9.26 Å². The third-order valence-electron chi connectivity index (χ3n) is 4.86. The Hall–Kier alpha value is -2.37. The van der Waals surface area contributed by atoms with E-state index in [2.05, 4.69) is 10.1 Å². The molecule has 1 saturated carbocycles. The molecule has 1 aliphatic heterocycles. The van der Waals surface area contributed by atoms with E-state index in [0.29, 0.717) is 24.1 Å². The van der Waals surface area contributed by atoms with Gasteiger partial charge >= 0.3 is 0 Å². The second-order valence-corrected chi connectivity index (χ2v) is 6.82. The predicted molar refractivity (Wildman–Crippen MR) is 91.1 cm³/mol. The topological polar surface area (TPSA) is 68.5 Å². The summed E-state index contributed by atoms with van der Waals surface area (Å²) in [4.78, 5) is 19.2. The highest BCUT2D eigenvalue weighted by molar-refractivity contribution is 5.78. The van der Waals surface area contributed by atoms with Gasteiger partial charge in [0, 0.05) is 12.5 Å². The minimum Gasteiger partial charge on any atom is -0.484 e.